The zero-order valence-electron chi connectivity index (χ0n) is 21.8. The molecule has 0 spiro atoms. The van der Waals surface area contributed by atoms with Crippen LogP contribution in [0.15, 0.2) is 56.8 Å². The second-order valence-electron chi connectivity index (χ2n) is 9.38. The third kappa shape index (κ3) is 4.60. The van der Waals surface area contributed by atoms with Gasteiger partial charge in [-0.3, -0.25) is 37.8 Å². The summed E-state index contributed by atoms with van der Waals surface area (Å²) in [6.07, 6.45) is 3.40. The average Bonchev–Trinajstić information content (AvgIpc) is 3.76. The number of rotatable bonds is 6. The van der Waals surface area contributed by atoms with E-state index in [9.17, 15) is 24.0 Å². The van der Waals surface area contributed by atoms with Crippen LogP contribution in [0.1, 0.15) is 24.4 Å². The van der Waals surface area contributed by atoms with Gasteiger partial charge in [-0.05, 0) is 78.9 Å². The van der Waals surface area contributed by atoms with Crippen molar-refractivity contribution in [3.63, 3.8) is 0 Å². The Balaban J connectivity index is 2.02. The Kier molecular flexibility index (Phi) is 7.53. The van der Waals surface area contributed by atoms with E-state index in [1.54, 1.807) is 55.6 Å². The largest absolute Gasteiger partial charge is 0.336 e. The highest BCUT2D eigenvalue weighted by molar-refractivity contribution is 14.1. The Hall–Kier alpha value is -3.59. The molecule has 2 radical (unpaired) electrons. The number of anilines is 3. The van der Waals surface area contributed by atoms with Gasteiger partial charge in [0, 0.05) is 33.6 Å². The molecule has 0 saturated heterocycles. The number of carbonyl (C=O) groups is 2. The molecule has 2 heterocycles. The van der Waals surface area contributed by atoms with Crippen molar-refractivity contribution in [2.45, 2.75) is 25.8 Å². The van der Waals surface area contributed by atoms with Gasteiger partial charge in [-0.15, -0.1) is 0 Å². The molecule has 1 N–H and O–H groups in total. The van der Waals surface area contributed by atoms with Gasteiger partial charge in [0.1, 0.15) is 19.1 Å². The summed E-state index contributed by atoms with van der Waals surface area (Å²) in [5, 5.41) is 2.12. The van der Waals surface area contributed by atoms with Crippen LogP contribution in [0, 0.1) is 10.5 Å². The third-order valence-electron chi connectivity index (χ3n) is 6.85. The van der Waals surface area contributed by atoms with Gasteiger partial charge >= 0.3 is 5.69 Å². The van der Waals surface area contributed by atoms with Crippen molar-refractivity contribution in [1.82, 2.24) is 13.7 Å². The van der Waals surface area contributed by atoms with Crippen molar-refractivity contribution in [3.8, 4) is 5.69 Å². The first-order valence-corrected chi connectivity index (χ1v) is 14.6. The maximum absolute atomic E-state index is 14.2. The van der Waals surface area contributed by atoms with Crippen LogP contribution in [0.3, 0.4) is 0 Å². The van der Waals surface area contributed by atoms with E-state index >= 15 is 0 Å². The Morgan fingerprint density at radius 3 is 2.50 bits per heavy atom. The second-order valence-corrected chi connectivity index (χ2v) is 11.4. The molecule has 1 saturated carbocycles. The third-order valence-corrected chi connectivity index (χ3v) is 8.06. The van der Waals surface area contributed by atoms with Crippen molar-refractivity contribution in [1.29, 1.82) is 0 Å². The summed E-state index contributed by atoms with van der Waals surface area (Å²) in [6, 6.07) is 11.3. The monoisotopic (exact) mass is 667 g/mol. The molecule has 40 heavy (non-hydrogen) atoms. The molecule has 2 amide bonds. The van der Waals surface area contributed by atoms with Crippen LogP contribution in [-0.4, -0.2) is 39.5 Å². The lowest BCUT2D eigenvalue weighted by Crippen LogP contribution is -2.42. The number of thioether (sulfide) groups is 1. The number of amides is 2. The summed E-state index contributed by atoms with van der Waals surface area (Å²) in [5.74, 6) is 0.00757. The van der Waals surface area contributed by atoms with Crippen LogP contribution >= 0.6 is 34.4 Å². The van der Waals surface area contributed by atoms with Gasteiger partial charge in [0.05, 0.1) is 11.2 Å². The lowest BCUT2D eigenvalue weighted by molar-refractivity contribution is -0.105. The summed E-state index contributed by atoms with van der Waals surface area (Å²) in [5.41, 5.74) is -0.134. The molecule has 2 aromatic heterocycles. The molecule has 13 heteroatoms. The number of hydrogen-bond donors (Lipinski definition) is 1. The lowest BCUT2D eigenvalue weighted by Gasteiger charge is -2.28. The number of hydrogen-bond acceptors (Lipinski definition) is 6. The minimum absolute atomic E-state index is 0.00757. The molecular weight excluding hydrogens is 644 g/mol. The van der Waals surface area contributed by atoms with Gasteiger partial charge < -0.3 is 5.32 Å². The number of nitrogens with zero attached hydrogens (tertiary/aromatic N) is 4. The summed E-state index contributed by atoms with van der Waals surface area (Å²) in [4.78, 5) is 67.8. The fourth-order valence-electron chi connectivity index (χ4n) is 4.88. The zero-order valence-corrected chi connectivity index (χ0v) is 24.8. The molecular formula is C27H23BIN5O5S. The van der Waals surface area contributed by atoms with Crippen LogP contribution in [0.25, 0.3) is 16.6 Å². The Morgan fingerprint density at radius 2 is 1.88 bits per heavy atom. The molecule has 5 rings (SSSR count). The number of fused-ring (bicyclic) bond motifs is 1. The standard InChI is InChI=1S/C27H23BIN5O5S/c1-14-22-21(23(31(2)24(14)36)34(27(39)40-3)20-10-7-15(29)11-19(20)28)25(37)33(17-8-9-17)26(38)32(22)18-6-4-5-16(12-18)30-13-35/h4-7,10-13,17H,8-9H2,1-3H3,(H,30,35). The summed E-state index contributed by atoms with van der Waals surface area (Å²) in [6.45, 7) is 1.54. The minimum Gasteiger partial charge on any atom is -0.329 e. The second kappa shape index (κ2) is 10.8. The smallest absolute Gasteiger partial charge is 0.329 e. The molecule has 0 aliphatic heterocycles. The molecule has 202 valence electrons. The van der Waals surface area contributed by atoms with Crippen molar-refractivity contribution < 1.29 is 9.59 Å². The summed E-state index contributed by atoms with van der Waals surface area (Å²) >= 11 is 3.00. The lowest BCUT2D eigenvalue weighted by atomic mass is 9.93. The van der Waals surface area contributed by atoms with Crippen molar-refractivity contribution >= 4 is 87.4 Å². The predicted octanol–water partition coefficient (Wildman–Crippen LogP) is 3.08. The fourth-order valence-corrected chi connectivity index (χ4v) is 5.76. The van der Waals surface area contributed by atoms with Crippen LogP contribution in [0.2, 0.25) is 0 Å². The quantitative estimate of drug-likeness (QED) is 0.192. The maximum Gasteiger partial charge on any atom is 0.336 e. The molecule has 10 nitrogen and oxygen atoms in total. The first kappa shape index (κ1) is 28.0. The Bertz CT molecular complexity index is 1900. The fraction of sp³-hybridized carbons (Fsp3) is 0.222. The number of benzene rings is 2. The topological polar surface area (TPSA) is 115 Å². The van der Waals surface area contributed by atoms with Crippen molar-refractivity contribution in [2.75, 3.05) is 16.5 Å². The Morgan fingerprint density at radius 1 is 1.15 bits per heavy atom. The number of halogens is 1. The molecule has 4 aromatic rings. The van der Waals surface area contributed by atoms with E-state index in [1.165, 1.54) is 25.6 Å². The van der Waals surface area contributed by atoms with Crippen molar-refractivity contribution in [3.05, 3.63) is 82.8 Å². The average molecular weight is 667 g/mol. The van der Waals surface area contributed by atoms with E-state index in [2.05, 4.69) is 27.9 Å². The number of aryl methyl sites for hydroxylation is 1. The van der Waals surface area contributed by atoms with E-state index < -0.39 is 22.0 Å². The van der Waals surface area contributed by atoms with Crippen molar-refractivity contribution in [2.24, 2.45) is 7.05 Å². The normalized spacial score (nSPS) is 12.9. The summed E-state index contributed by atoms with van der Waals surface area (Å²) in [7, 11) is 7.85. The first-order valence-electron chi connectivity index (χ1n) is 12.2. The van der Waals surface area contributed by atoms with E-state index in [0.717, 1.165) is 15.3 Å². The van der Waals surface area contributed by atoms with Crippen LogP contribution in [0.4, 0.5) is 22.0 Å². The molecule has 1 aliphatic rings. The van der Waals surface area contributed by atoms with E-state index in [1.807, 2.05) is 0 Å². The van der Waals surface area contributed by atoms with Gasteiger partial charge in [0.2, 0.25) is 6.41 Å². The maximum atomic E-state index is 14.2. The zero-order chi connectivity index (χ0) is 28.9. The summed E-state index contributed by atoms with van der Waals surface area (Å²) < 4.78 is 4.59. The molecule has 0 unspecified atom stereocenters. The van der Waals surface area contributed by atoms with Gasteiger partial charge in [-0.1, -0.05) is 29.4 Å². The SMILES string of the molecule is [B]c1cc(I)ccc1N(C(=O)SC)c1c2c(=O)n(C3CC3)c(=O)n(-c3cccc(NC=O)c3)c2c(C)c(=O)n1C. The molecule has 0 bridgehead atoms. The minimum atomic E-state index is -0.609. The van der Waals surface area contributed by atoms with Crippen LogP contribution < -0.4 is 32.5 Å². The number of pyridine rings is 1. The van der Waals surface area contributed by atoms with E-state index in [0.29, 0.717) is 36.3 Å². The number of aromatic nitrogens is 3. The molecule has 0 atom stereocenters. The molecule has 1 aliphatic carbocycles. The van der Waals surface area contributed by atoms with Gasteiger partial charge in [-0.2, -0.15) is 0 Å². The van der Waals surface area contributed by atoms with Gasteiger partial charge in [0.25, 0.3) is 16.4 Å². The van der Waals surface area contributed by atoms with Crippen LogP contribution in [-0.2, 0) is 11.8 Å². The van der Waals surface area contributed by atoms with Gasteiger partial charge in [0.15, 0.2) is 0 Å². The highest BCUT2D eigenvalue weighted by Gasteiger charge is 2.34. The highest BCUT2D eigenvalue weighted by Crippen LogP contribution is 2.36. The molecule has 1 fully saturated rings. The van der Waals surface area contributed by atoms with Crippen LogP contribution in [0.5, 0.6) is 0 Å². The first-order chi connectivity index (χ1) is 19.1. The number of nitrogens with one attached hydrogen (secondary N) is 1. The highest BCUT2D eigenvalue weighted by atomic mass is 127. The van der Waals surface area contributed by atoms with Gasteiger partial charge in [-0.25, -0.2) is 4.79 Å². The Labute approximate surface area is 247 Å². The van der Waals surface area contributed by atoms with E-state index in [4.69, 9.17) is 7.85 Å². The number of carbonyl (C=O) groups excluding carboxylic acids is 2. The predicted molar refractivity (Wildman–Crippen MR) is 167 cm³/mol. The van der Waals surface area contributed by atoms with E-state index in [-0.39, 0.29) is 33.8 Å². The molecule has 2 aromatic carbocycles.